The molecule has 0 radical (unpaired) electrons. The second kappa shape index (κ2) is 7.52. The third-order valence-electron chi connectivity index (χ3n) is 4.13. The molecule has 0 bridgehead atoms. The van der Waals surface area contributed by atoms with Crippen LogP contribution >= 0.6 is 11.6 Å². The largest absolute Gasteiger partial charge is 0.456 e. The second-order valence-electron chi connectivity index (χ2n) is 6.09. The van der Waals surface area contributed by atoms with E-state index in [1.165, 1.54) is 0 Å². The van der Waals surface area contributed by atoms with Gasteiger partial charge in [-0.25, -0.2) is 4.99 Å². The van der Waals surface area contributed by atoms with Crippen molar-refractivity contribution in [3.63, 3.8) is 0 Å². The second-order valence-corrected chi connectivity index (χ2v) is 6.53. The summed E-state index contributed by atoms with van der Waals surface area (Å²) >= 11 is 5.99. The molecule has 3 nitrogen and oxygen atoms in total. The van der Waals surface area contributed by atoms with Crippen LogP contribution < -0.4 is 11.1 Å². The van der Waals surface area contributed by atoms with Crippen molar-refractivity contribution in [2.24, 2.45) is 4.99 Å². The van der Waals surface area contributed by atoms with Crippen LogP contribution in [0.2, 0.25) is 5.02 Å². The third-order valence-corrected chi connectivity index (χ3v) is 4.37. The Balaban J connectivity index is 1.92. The van der Waals surface area contributed by atoms with E-state index in [-0.39, 0.29) is 0 Å². The molecule has 27 heavy (non-hydrogen) atoms. The first-order valence-corrected chi connectivity index (χ1v) is 8.93. The number of rotatable bonds is 3. The molecule has 3 aromatic carbocycles. The summed E-state index contributed by atoms with van der Waals surface area (Å²) in [6, 6.07) is 29.0. The normalized spacial score (nSPS) is 10.6. The van der Waals surface area contributed by atoms with Crippen molar-refractivity contribution in [1.29, 1.82) is 0 Å². The van der Waals surface area contributed by atoms with Crippen LogP contribution in [-0.2, 0) is 0 Å². The van der Waals surface area contributed by atoms with Crippen molar-refractivity contribution >= 4 is 23.0 Å². The molecule has 0 spiro atoms. The van der Waals surface area contributed by atoms with Crippen LogP contribution in [0.25, 0.3) is 22.6 Å². The zero-order chi connectivity index (χ0) is 18.6. The van der Waals surface area contributed by atoms with E-state index in [1.807, 2.05) is 78.9 Å². The molecule has 4 heteroatoms. The predicted molar refractivity (Wildman–Crippen MR) is 111 cm³/mol. The average molecular weight is 373 g/mol. The highest BCUT2D eigenvalue weighted by Gasteiger charge is 2.07. The number of nitrogen functional groups attached to an aromatic ring is 1. The van der Waals surface area contributed by atoms with E-state index >= 15 is 0 Å². The Labute approximate surface area is 162 Å². The van der Waals surface area contributed by atoms with Gasteiger partial charge in [-0.1, -0.05) is 72.3 Å². The van der Waals surface area contributed by atoms with Crippen LogP contribution in [0.3, 0.4) is 0 Å². The summed E-state index contributed by atoms with van der Waals surface area (Å²) < 4.78 is 6.16. The fourth-order valence-electron chi connectivity index (χ4n) is 2.81. The van der Waals surface area contributed by atoms with Gasteiger partial charge < -0.3 is 10.2 Å². The summed E-state index contributed by atoms with van der Waals surface area (Å²) in [6.45, 7) is 0. The first-order chi connectivity index (χ1) is 13.2. The molecule has 0 saturated carbocycles. The first-order valence-electron chi connectivity index (χ1n) is 8.55. The maximum atomic E-state index is 6.16. The number of anilines is 1. The molecule has 0 aliphatic heterocycles. The highest BCUT2D eigenvalue weighted by Crippen LogP contribution is 2.27. The van der Waals surface area contributed by atoms with Gasteiger partial charge in [-0.3, -0.25) is 0 Å². The zero-order valence-corrected chi connectivity index (χ0v) is 15.2. The topological polar surface area (TPSA) is 51.5 Å². The lowest BCUT2D eigenvalue weighted by molar-refractivity contribution is 0.579. The van der Waals surface area contributed by atoms with Crippen LogP contribution in [0.15, 0.2) is 100 Å². The van der Waals surface area contributed by atoms with Crippen LogP contribution in [0.4, 0.5) is 11.4 Å². The van der Waals surface area contributed by atoms with Gasteiger partial charge in [0.05, 0.1) is 16.7 Å². The van der Waals surface area contributed by atoms with Crippen molar-refractivity contribution in [3.05, 3.63) is 101 Å². The number of benzene rings is 3. The summed E-state index contributed by atoms with van der Waals surface area (Å²) in [5.74, 6) is 1.48. The summed E-state index contributed by atoms with van der Waals surface area (Å²) in [7, 11) is 0. The first kappa shape index (κ1) is 17.1. The molecule has 0 atom stereocenters. The smallest absolute Gasteiger partial charge is 0.136 e. The highest BCUT2D eigenvalue weighted by molar-refractivity contribution is 6.31. The minimum absolute atomic E-state index is 0.533. The van der Waals surface area contributed by atoms with E-state index in [4.69, 9.17) is 26.7 Å². The number of nitrogens with zero attached hydrogens (tertiary/aromatic N) is 1. The van der Waals surface area contributed by atoms with Crippen LogP contribution in [0.5, 0.6) is 0 Å². The Morgan fingerprint density at radius 1 is 0.704 bits per heavy atom. The van der Waals surface area contributed by atoms with Gasteiger partial charge in [0, 0.05) is 28.3 Å². The Bertz CT molecular complexity index is 1080. The van der Waals surface area contributed by atoms with Crippen molar-refractivity contribution in [2.75, 3.05) is 5.73 Å². The summed E-state index contributed by atoms with van der Waals surface area (Å²) in [5.41, 5.74) is 9.23. The fourth-order valence-corrected chi connectivity index (χ4v) is 2.99. The standard InChI is InChI=1S/C23H17ClN2O/c24-18-11-12-21(20(25)13-18)26-19-14-22(16-7-3-1-4-8-16)27-23(15-19)17-9-5-2-6-10-17/h1-15H,25H2. The Morgan fingerprint density at radius 2 is 1.26 bits per heavy atom. The monoisotopic (exact) mass is 372 g/mol. The summed E-state index contributed by atoms with van der Waals surface area (Å²) in [5, 5.41) is 1.34. The molecule has 2 N–H and O–H groups in total. The molecule has 0 fully saturated rings. The molecular weight excluding hydrogens is 356 g/mol. The third kappa shape index (κ3) is 3.94. The SMILES string of the molecule is Nc1cc(Cl)ccc1N=c1cc(-c2ccccc2)oc(-c2ccccc2)c1. The van der Waals surface area contributed by atoms with Crippen molar-refractivity contribution in [2.45, 2.75) is 0 Å². The van der Waals surface area contributed by atoms with E-state index < -0.39 is 0 Å². The fraction of sp³-hybridized carbons (Fsp3) is 0. The Morgan fingerprint density at radius 3 is 1.78 bits per heavy atom. The van der Waals surface area contributed by atoms with Crippen LogP contribution in [0.1, 0.15) is 0 Å². The van der Waals surface area contributed by atoms with Gasteiger partial charge in [0.1, 0.15) is 11.5 Å². The molecule has 1 heterocycles. The minimum Gasteiger partial charge on any atom is -0.456 e. The van der Waals surface area contributed by atoms with E-state index in [2.05, 4.69) is 0 Å². The molecule has 4 aromatic rings. The van der Waals surface area contributed by atoms with Gasteiger partial charge in [0.2, 0.25) is 0 Å². The molecular formula is C23H17ClN2O. The highest BCUT2D eigenvalue weighted by atomic mass is 35.5. The summed E-state index contributed by atoms with van der Waals surface area (Å²) in [4.78, 5) is 4.71. The van der Waals surface area contributed by atoms with E-state index in [0.29, 0.717) is 16.4 Å². The molecule has 0 amide bonds. The molecule has 0 unspecified atom stereocenters. The molecule has 132 valence electrons. The lowest BCUT2D eigenvalue weighted by atomic mass is 10.1. The number of halogens is 1. The molecule has 0 aliphatic carbocycles. The molecule has 0 aliphatic rings. The number of hydrogen-bond donors (Lipinski definition) is 1. The minimum atomic E-state index is 0.533. The lowest BCUT2D eigenvalue weighted by Crippen LogP contribution is -2.02. The van der Waals surface area contributed by atoms with Gasteiger partial charge in [-0.15, -0.1) is 0 Å². The number of hydrogen-bond acceptors (Lipinski definition) is 3. The summed E-state index contributed by atoms with van der Waals surface area (Å²) in [6.07, 6.45) is 0. The van der Waals surface area contributed by atoms with Crippen molar-refractivity contribution in [1.82, 2.24) is 0 Å². The maximum Gasteiger partial charge on any atom is 0.136 e. The van der Waals surface area contributed by atoms with Gasteiger partial charge in [0.15, 0.2) is 0 Å². The van der Waals surface area contributed by atoms with E-state index in [9.17, 15) is 0 Å². The zero-order valence-electron chi connectivity index (χ0n) is 14.5. The van der Waals surface area contributed by atoms with Gasteiger partial charge in [-0.05, 0) is 18.2 Å². The Hall–Kier alpha value is -3.30. The van der Waals surface area contributed by atoms with Gasteiger partial charge >= 0.3 is 0 Å². The van der Waals surface area contributed by atoms with Gasteiger partial charge in [-0.2, -0.15) is 0 Å². The molecule has 4 rings (SSSR count). The molecule has 0 saturated heterocycles. The van der Waals surface area contributed by atoms with Crippen LogP contribution in [-0.4, -0.2) is 0 Å². The quantitative estimate of drug-likeness (QED) is 0.443. The van der Waals surface area contributed by atoms with E-state index in [0.717, 1.165) is 28.0 Å². The van der Waals surface area contributed by atoms with Gasteiger partial charge in [0.25, 0.3) is 0 Å². The molecule has 1 aromatic heterocycles. The van der Waals surface area contributed by atoms with Crippen LogP contribution in [0, 0.1) is 0 Å². The predicted octanol–water partition coefficient (Wildman–Crippen LogP) is 6.08. The average Bonchev–Trinajstić information content (AvgIpc) is 2.71. The van der Waals surface area contributed by atoms with Crippen molar-refractivity contribution in [3.8, 4) is 22.6 Å². The van der Waals surface area contributed by atoms with E-state index in [1.54, 1.807) is 12.1 Å². The van der Waals surface area contributed by atoms with Crippen molar-refractivity contribution < 1.29 is 4.42 Å². The lowest BCUT2D eigenvalue weighted by Gasteiger charge is -2.07. The Kier molecular flexibility index (Phi) is 4.77. The maximum absolute atomic E-state index is 6.16. The number of nitrogens with two attached hydrogens (primary N) is 1.